The zero-order valence-electron chi connectivity index (χ0n) is 12.4. The van der Waals surface area contributed by atoms with E-state index in [1.54, 1.807) is 19.1 Å². The molecule has 1 atom stereocenters. The second kappa shape index (κ2) is 8.21. The van der Waals surface area contributed by atoms with E-state index in [2.05, 4.69) is 5.32 Å². The van der Waals surface area contributed by atoms with Gasteiger partial charge in [0.1, 0.15) is 11.8 Å². The molecule has 116 valence electrons. The maximum atomic E-state index is 11.5. The van der Waals surface area contributed by atoms with Crippen molar-refractivity contribution in [1.29, 1.82) is 0 Å². The van der Waals surface area contributed by atoms with Crippen molar-refractivity contribution < 1.29 is 19.2 Å². The van der Waals surface area contributed by atoms with E-state index in [9.17, 15) is 14.9 Å². The Morgan fingerprint density at radius 3 is 2.76 bits per heavy atom. The van der Waals surface area contributed by atoms with Gasteiger partial charge in [0.15, 0.2) is 0 Å². The Kier molecular flexibility index (Phi) is 6.61. The molecule has 1 N–H and O–H groups in total. The van der Waals surface area contributed by atoms with Crippen molar-refractivity contribution in [3.63, 3.8) is 0 Å². The summed E-state index contributed by atoms with van der Waals surface area (Å²) in [4.78, 5) is 21.9. The number of nitro groups is 1. The fraction of sp³-hybridized carbons (Fsp3) is 0.500. The fourth-order valence-corrected chi connectivity index (χ4v) is 1.94. The molecule has 1 unspecified atom stereocenters. The monoisotopic (exact) mass is 296 g/mol. The van der Waals surface area contributed by atoms with Crippen LogP contribution in [0.15, 0.2) is 18.2 Å². The van der Waals surface area contributed by atoms with Crippen molar-refractivity contribution in [2.45, 2.75) is 26.3 Å². The van der Waals surface area contributed by atoms with Crippen LogP contribution in [-0.4, -0.2) is 37.2 Å². The standard InChI is InChI=1S/C14H20N2O5/c1-4-15-11(14(17)20-3)8-9-21-13-7-5-6-12(10(13)2)16(18)19/h5-7,11,15H,4,8-9H2,1-3H3. The maximum absolute atomic E-state index is 11.5. The minimum Gasteiger partial charge on any atom is -0.493 e. The highest BCUT2D eigenvalue weighted by atomic mass is 16.6. The molecule has 1 rings (SSSR count). The molecule has 0 spiro atoms. The number of ether oxygens (including phenoxy) is 2. The number of hydrogen-bond acceptors (Lipinski definition) is 6. The number of carbonyl (C=O) groups is 1. The molecule has 0 fully saturated rings. The van der Waals surface area contributed by atoms with Gasteiger partial charge in [-0.05, 0) is 19.5 Å². The molecule has 0 aromatic heterocycles. The Labute approximate surface area is 123 Å². The minimum absolute atomic E-state index is 0.0173. The molecule has 0 aliphatic carbocycles. The molecular formula is C14H20N2O5. The molecule has 0 bridgehead atoms. The molecular weight excluding hydrogens is 276 g/mol. The maximum Gasteiger partial charge on any atom is 0.322 e. The van der Waals surface area contributed by atoms with Crippen molar-refractivity contribution in [3.05, 3.63) is 33.9 Å². The van der Waals surface area contributed by atoms with Crippen molar-refractivity contribution in [1.82, 2.24) is 5.32 Å². The highest BCUT2D eigenvalue weighted by Gasteiger charge is 2.19. The van der Waals surface area contributed by atoms with Crippen LogP contribution >= 0.6 is 0 Å². The third-order valence-corrected chi connectivity index (χ3v) is 3.05. The van der Waals surface area contributed by atoms with E-state index < -0.39 is 11.0 Å². The summed E-state index contributed by atoms with van der Waals surface area (Å²) in [5, 5.41) is 13.8. The SMILES string of the molecule is CCNC(CCOc1cccc([N+](=O)[O-])c1C)C(=O)OC. The molecule has 0 heterocycles. The second-order valence-corrected chi connectivity index (χ2v) is 4.43. The van der Waals surface area contributed by atoms with Gasteiger partial charge >= 0.3 is 5.97 Å². The van der Waals surface area contributed by atoms with Gasteiger partial charge in [0.25, 0.3) is 5.69 Å². The molecule has 7 heteroatoms. The van der Waals surface area contributed by atoms with Crippen molar-refractivity contribution in [2.24, 2.45) is 0 Å². The average Bonchev–Trinajstić information content (AvgIpc) is 2.46. The van der Waals surface area contributed by atoms with Crippen molar-refractivity contribution >= 4 is 11.7 Å². The van der Waals surface area contributed by atoms with Crippen LogP contribution in [0.25, 0.3) is 0 Å². The molecule has 21 heavy (non-hydrogen) atoms. The van der Waals surface area contributed by atoms with Crippen molar-refractivity contribution in [2.75, 3.05) is 20.3 Å². The molecule has 1 aromatic rings. The lowest BCUT2D eigenvalue weighted by Gasteiger charge is -2.16. The van der Waals surface area contributed by atoms with Gasteiger partial charge in [0.05, 0.1) is 24.2 Å². The number of nitrogens with zero attached hydrogens (tertiary/aromatic N) is 1. The topological polar surface area (TPSA) is 90.7 Å². The van der Waals surface area contributed by atoms with Gasteiger partial charge in [0.2, 0.25) is 0 Å². The van der Waals surface area contributed by atoms with Gasteiger partial charge in [-0.2, -0.15) is 0 Å². The lowest BCUT2D eigenvalue weighted by Crippen LogP contribution is -2.38. The minimum atomic E-state index is -0.446. The van der Waals surface area contributed by atoms with Gasteiger partial charge in [-0.3, -0.25) is 14.9 Å². The van der Waals surface area contributed by atoms with E-state index in [-0.39, 0.29) is 18.3 Å². The summed E-state index contributed by atoms with van der Waals surface area (Å²) >= 11 is 0. The van der Waals surface area contributed by atoms with E-state index >= 15 is 0 Å². The molecule has 0 aliphatic rings. The molecule has 1 aromatic carbocycles. The highest BCUT2D eigenvalue weighted by molar-refractivity contribution is 5.75. The average molecular weight is 296 g/mol. The van der Waals surface area contributed by atoms with Crippen LogP contribution < -0.4 is 10.1 Å². The third kappa shape index (κ3) is 4.71. The Morgan fingerprint density at radius 2 is 2.19 bits per heavy atom. The molecule has 0 amide bonds. The van der Waals surface area contributed by atoms with E-state index in [1.165, 1.54) is 13.2 Å². The Balaban J connectivity index is 2.65. The van der Waals surface area contributed by atoms with Crippen LogP contribution in [0.4, 0.5) is 5.69 Å². The fourth-order valence-electron chi connectivity index (χ4n) is 1.94. The Hall–Kier alpha value is -2.15. The number of likely N-dealkylation sites (N-methyl/N-ethyl adjacent to an activating group) is 1. The van der Waals surface area contributed by atoms with Gasteiger partial charge in [-0.1, -0.05) is 13.0 Å². The summed E-state index contributed by atoms with van der Waals surface area (Å²) in [7, 11) is 1.33. The predicted molar refractivity (Wildman–Crippen MR) is 77.4 cm³/mol. The van der Waals surface area contributed by atoms with Crippen LogP contribution in [0.2, 0.25) is 0 Å². The lowest BCUT2D eigenvalue weighted by atomic mass is 10.2. The van der Waals surface area contributed by atoms with Crippen LogP contribution in [-0.2, 0) is 9.53 Å². The molecule has 7 nitrogen and oxygen atoms in total. The molecule has 0 saturated carbocycles. The first-order valence-corrected chi connectivity index (χ1v) is 6.69. The Bertz CT molecular complexity index is 504. The quantitative estimate of drug-likeness (QED) is 0.447. The lowest BCUT2D eigenvalue weighted by molar-refractivity contribution is -0.385. The van der Waals surface area contributed by atoms with Crippen molar-refractivity contribution in [3.8, 4) is 5.75 Å². The summed E-state index contributed by atoms with van der Waals surface area (Å²) in [6, 6.07) is 4.22. The second-order valence-electron chi connectivity index (χ2n) is 4.43. The van der Waals surface area contributed by atoms with E-state index in [0.29, 0.717) is 24.3 Å². The number of nitro benzene ring substituents is 1. The zero-order chi connectivity index (χ0) is 15.8. The number of nitrogens with one attached hydrogen (secondary N) is 1. The number of carbonyl (C=O) groups excluding carboxylic acids is 1. The van der Waals surface area contributed by atoms with Gasteiger partial charge in [-0.25, -0.2) is 0 Å². The molecule has 0 saturated heterocycles. The van der Waals surface area contributed by atoms with E-state index in [0.717, 1.165) is 0 Å². The predicted octanol–water partition coefficient (Wildman–Crippen LogP) is 1.82. The molecule has 0 aliphatic heterocycles. The summed E-state index contributed by atoms with van der Waals surface area (Å²) < 4.78 is 10.2. The number of rotatable bonds is 8. The summed E-state index contributed by atoms with van der Waals surface area (Å²) in [5.41, 5.74) is 0.490. The first kappa shape index (κ1) is 16.9. The highest BCUT2D eigenvalue weighted by Crippen LogP contribution is 2.27. The van der Waals surface area contributed by atoms with Gasteiger partial charge in [-0.15, -0.1) is 0 Å². The van der Waals surface area contributed by atoms with Gasteiger partial charge in [0, 0.05) is 12.5 Å². The molecule has 0 radical (unpaired) electrons. The first-order chi connectivity index (χ1) is 10.0. The van der Waals surface area contributed by atoms with Crippen LogP contribution in [0, 0.1) is 17.0 Å². The number of hydrogen-bond donors (Lipinski definition) is 1. The first-order valence-electron chi connectivity index (χ1n) is 6.69. The number of methoxy groups -OCH3 is 1. The Morgan fingerprint density at radius 1 is 1.48 bits per heavy atom. The largest absolute Gasteiger partial charge is 0.493 e. The van der Waals surface area contributed by atoms with Gasteiger partial charge < -0.3 is 14.8 Å². The summed E-state index contributed by atoms with van der Waals surface area (Å²) in [5.74, 6) is 0.0977. The normalized spacial score (nSPS) is 11.8. The zero-order valence-corrected chi connectivity index (χ0v) is 12.4. The number of esters is 1. The van der Waals surface area contributed by atoms with Crippen LogP contribution in [0.1, 0.15) is 18.9 Å². The van der Waals surface area contributed by atoms with E-state index in [1.807, 2.05) is 6.92 Å². The third-order valence-electron chi connectivity index (χ3n) is 3.05. The van der Waals surface area contributed by atoms with E-state index in [4.69, 9.17) is 9.47 Å². The smallest absolute Gasteiger partial charge is 0.322 e. The number of benzene rings is 1. The summed E-state index contributed by atoms with van der Waals surface area (Å²) in [6.07, 6.45) is 0.419. The summed E-state index contributed by atoms with van der Waals surface area (Å²) in [6.45, 7) is 4.42. The van der Waals surface area contributed by atoms with Crippen LogP contribution in [0.5, 0.6) is 5.75 Å². The van der Waals surface area contributed by atoms with Crippen LogP contribution in [0.3, 0.4) is 0 Å².